The molecular formula is C9H9F2N3. The highest BCUT2D eigenvalue weighted by molar-refractivity contribution is 5.23. The molecule has 1 rings (SSSR count). The fourth-order valence-electron chi connectivity index (χ4n) is 1.08. The van der Waals surface area contributed by atoms with Crippen molar-refractivity contribution < 1.29 is 8.78 Å². The van der Waals surface area contributed by atoms with E-state index in [0.29, 0.717) is 11.3 Å². The third kappa shape index (κ3) is 2.47. The Morgan fingerprint density at radius 1 is 1.50 bits per heavy atom. The van der Waals surface area contributed by atoms with Crippen LogP contribution in [0.1, 0.15) is 23.4 Å². The molecular weight excluding hydrogens is 188 g/mol. The zero-order valence-corrected chi connectivity index (χ0v) is 7.37. The summed E-state index contributed by atoms with van der Waals surface area (Å²) in [7, 11) is 0. The lowest BCUT2D eigenvalue weighted by Crippen LogP contribution is -2.03. The van der Waals surface area contributed by atoms with Crippen molar-refractivity contribution in [2.75, 3.05) is 0 Å². The van der Waals surface area contributed by atoms with Crippen molar-refractivity contribution in [3.05, 3.63) is 29.1 Å². The minimum atomic E-state index is -2.63. The minimum Gasteiger partial charge on any atom is -0.326 e. The van der Waals surface area contributed by atoms with Crippen LogP contribution in [0.2, 0.25) is 0 Å². The first-order valence-corrected chi connectivity index (χ1v) is 4.02. The fraction of sp³-hybridized carbons (Fsp3) is 0.333. The normalized spacial score (nSPS) is 10.2. The zero-order valence-electron chi connectivity index (χ0n) is 7.37. The van der Waals surface area contributed by atoms with E-state index in [2.05, 4.69) is 4.98 Å². The Kier molecular flexibility index (Phi) is 3.48. The van der Waals surface area contributed by atoms with Gasteiger partial charge in [0, 0.05) is 6.54 Å². The van der Waals surface area contributed by atoms with Gasteiger partial charge in [-0.2, -0.15) is 5.26 Å². The molecule has 0 aliphatic heterocycles. The number of nitrogens with zero attached hydrogens (tertiary/aromatic N) is 2. The minimum absolute atomic E-state index is 0.0214. The number of hydrogen-bond acceptors (Lipinski definition) is 3. The van der Waals surface area contributed by atoms with E-state index in [4.69, 9.17) is 11.0 Å². The van der Waals surface area contributed by atoms with Crippen LogP contribution in [0, 0.1) is 11.3 Å². The van der Waals surface area contributed by atoms with Gasteiger partial charge in [0.15, 0.2) is 0 Å². The molecule has 0 aromatic carbocycles. The van der Waals surface area contributed by atoms with Gasteiger partial charge in [0.25, 0.3) is 6.43 Å². The van der Waals surface area contributed by atoms with Gasteiger partial charge < -0.3 is 5.73 Å². The second-order valence-electron chi connectivity index (χ2n) is 2.73. The lowest BCUT2D eigenvalue weighted by Gasteiger charge is -2.04. The first kappa shape index (κ1) is 10.5. The van der Waals surface area contributed by atoms with Gasteiger partial charge in [0.2, 0.25) is 0 Å². The molecule has 1 heterocycles. The SMILES string of the molecule is N#CCc1cc(CN)cc(C(F)F)n1. The number of pyridine rings is 1. The Hall–Kier alpha value is -1.54. The number of hydrogen-bond donors (Lipinski definition) is 1. The van der Waals surface area contributed by atoms with Crippen LogP contribution in [0.5, 0.6) is 0 Å². The summed E-state index contributed by atoms with van der Waals surface area (Å²) in [6.07, 6.45) is -2.60. The van der Waals surface area contributed by atoms with Gasteiger partial charge in [-0.25, -0.2) is 8.78 Å². The summed E-state index contributed by atoms with van der Waals surface area (Å²) >= 11 is 0. The molecule has 5 heteroatoms. The standard InChI is InChI=1S/C9H9F2N3/c10-9(11)8-4-6(5-13)3-7(14-8)1-2-12/h3-4,9H,1,5,13H2. The number of rotatable bonds is 3. The van der Waals surface area contributed by atoms with Crippen molar-refractivity contribution in [2.45, 2.75) is 19.4 Å². The Morgan fingerprint density at radius 2 is 2.21 bits per heavy atom. The van der Waals surface area contributed by atoms with Crippen LogP contribution in [-0.4, -0.2) is 4.98 Å². The van der Waals surface area contributed by atoms with Crippen LogP contribution in [-0.2, 0) is 13.0 Å². The van der Waals surface area contributed by atoms with Crippen LogP contribution >= 0.6 is 0 Å². The maximum absolute atomic E-state index is 12.3. The molecule has 0 saturated heterocycles. The summed E-state index contributed by atoms with van der Waals surface area (Å²) in [4.78, 5) is 3.64. The first-order chi connectivity index (χ1) is 6.67. The largest absolute Gasteiger partial charge is 0.326 e. The molecule has 0 saturated carbocycles. The summed E-state index contributed by atoms with van der Waals surface area (Å²) in [5, 5.41) is 8.40. The topological polar surface area (TPSA) is 62.7 Å². The molecule has 1 aromatic rings. The molecule has 0 bridgehead atoms. The number of nitriles is 1. The molecule has 74 valence electrons. The van der Waals surface area contributed by atoms with E-state index < -0.39 is 6.43 Å². The van der Waals surface area contributed by atoms with Crippen LogP contribution in [0.3, 0.4) is 0 Å². The molecule has 0 atom stereocenters. The van der Waals surface area contributed by atoms with Crippen LogP contribution in [0.15, 0.2) is 12.1 Å². The predicted molar refractivity (Wildman–Crippen MR) is 46.4 cm³/mol. The quantitative estimate of drug-likeness (QED) is 0.799. The van der Waals surface area contributed by atoms with E-state index in [-0.39, 0.29) is 18.7 Å². The lowest BCUT2D eigenvalue weighted by atomic mass is 10.1. The van der Waals surface area contributed by atoms with Gasteiger partial charge in [0.05, 0.1) is 18.2 Å². The third-order valence-corrected chi connectivity index (χ3v) is 1.68. The summed E-state index contributed by atoms with van der Waals surface area (Å²) in [6.45, 7) is 0.167. The van der Waals surface area contributed by atoms with E-state index in [1.54, 1.807) is 6.07 Å². The molecule has 0 radical (unpaired) electrons. The van der Waals surface area contributed by atoms with Gasteiger partial charge in [-0.05, 0) is 17.7 Å². The van der Waals surface area contributed by atoms with E-state index in [9.17, 15) is 8.78 Å². The molecule has 0 unspecified atom stereocenters. The summed E-state index contributed by atoms with van der Waals surface area (Å²) in [5.41, 5.74) is 5.92. The van der Waals surface area contributed by atoms with Gasteiger partial charge in [-0.15, -0.1) is 0 Å². The number of aromatic nitrogens is 1. The Labute approximate surface area is 80.2 Å². The van der Waals surface area contributed by atoms with Crippen molar-refractivity contribution in [3.63, 3.8) is 0 Å². The molecule has 3 nitrogen and oxygen atoms in total. The Balaban J connectivity index is 3.08. The number of nitrogens with two attached hydrogens (primary N) is 1. The fourth-order valence-corrected chi connectivity index (χ4v) is 1.08. The maximum atomic E-state index is 12.3. The Morgan fingerprint density at radius 3 is 2.71 bits per heavy atom. The first-order valence-electron chi connectivity index (χ1n) is 4.02. The molecule has 0 fully saturated rings. The van der Waals surface area contributed by atoms with E-state index in [1.165, 1.54) is 6.07 Å². The number of halogens is 2. The zero-order chi connectivity index (χ0) is 10.6. The van der Waals surface area contributed by atoms with Crippen molar-refractivity contribution in [1.29, 1.82) is 5.26 Å². The summed E-state index contributed by atoms with van der Waals surface area (Å²) in [6, 6.07) is 4.67. The van der Waals surface area contributed by atoms with Crippen molar-refractivity contribution in [1.82, 2.24) is 4.98 Å². The third-order valence-electron chi connectivity index (χ3n) is 1.68. The molecule has 2 N–H and O–H groups in total. The van der Waals surface area contributed by atoms with Gasteiger partial charge >= 0.3 is 0 Å². The van der Waals surface area contributed by atoms with Crippen molar-refractivity contribution >= 4 is 0 Å². The van der Waals surface area contributed by atoms with E-state index >= 15 is 0 Å². The molecule has 1 aromatic heterocycles. The van der Waals surface area contributed by atoms with Gasteiger partial charge in [-0.1, -0.05) is 0 Å². The lowest BCUT2D eigenvalue weighted by molar-refractivity contribution is 0.145. The second kappa shape index (κ2) is 4.63. The molecule has 0 aliphatic rings. The van der Waals surface area contributed by atoms with Crippen LogP contribution < -0.4 is 5.73 Å². The van der Waals surface area contributed by atoms with Gasteiger partial charge in [0.1, 0.15) is 5.69 Å². The predicted octanol–water partition coefficient (Wildman–Crippen LogP) is 1.54. The smallest absolute Gasteiger partial charge is 0.280 e. The molecule has 0 spiro atoms. The van der Waals surface area contributed by atoms with Gasteiger partial charge in [-0.3, -0.25) is 4.98 Å². The van der Waals surface area contributed by atoms with Crippen molar-refractivity contribution in [2.24, 2.45) is 5.73 Å². The molecule has 0 aliphatic carbocycles. The Bertz CT molecular complexity index is 358. The average molecular weight is 197 g/mol. The highest BCUT2D eigenvalue weighted by Gasteiger charge is 2.11. The van der Waals surface area contributed by atoms with E-state index in [1.807, 2.05) is 6.07 Å². The molecule has 0 amide bonds. The average Bonchev–Trinajstić information content (AvgIpc) is 2.17. The van der Waals surface area contributed by atoms with E-state index in [0.717, 1.165) is 0 Å². The highest BCUT2D eigenvalue weighted by Crippen LogP contribution is 2.18. The number of alkyl halides is 2. The second-order valence-corrected chi connectivity index (χ2v) is 2.73. The van der Waals surface area contributed by atoms with Crippen LogP contribution in [0.4, 0.5) is 8.78 Å². The monoisotopic (exact) mass is 197 g/mol. The highest BCUT2D eigenvalue weighted by atomic mass is 19.3. The van der Waals surface area contributed by atoms with Crippen LogP contribution in [0.25, 0.3) is 0 Å². The maximum Gasteiger partial charge on any atom is 0.280 e. The summed E-state index contributed by atoms with van der Waals surface area (Å²) in [5.74, 6) is 0. The molecule has 14 heavy (non-hydrogen) atoms. The summed E-state index contributed by atoms with van der Waals surface area (Å²) < 4.78 is 24.6. The van der Waals surface area contributed by atoms with Crippen molar-refractivity contribution in [3.8, 4) is 6.07 Å².